The first-order valence-corrected chi connectivity index (χ1v) is 10.8. The van der Waals surface area contributed by atoms with Gasteiger partial charge in [0.2, 0.25) is 5.13 Å². The standard InChI is InChI=1S/C16H9BrCl3N3OS2/c17-8-4-5-13(20)9(6-8)14(24)21-15-22-23-16(26-15)25-7-10-11(18)2-1-3-12(10)19/h1-6H,7H2,(H,21,22,24). The van der Waals surface area contributed by atoms with Crippen LogP contribution in [0.5, 0.6) is 0 Å². The van der Waals surface area contributed by atoms with Crippen molar-refractivity contribution in [2.24, 2.45) is 0 Å². The van der Waals surface area contributed by atoms with Crippen LogP contribution in [0.1, 0.15) is 15.9 Å². The average Bonchev–Trinajstić information content (AvgIpc) is 3.04. The predicted molar refractivity (Wildman–Crippen MR) is 113 cm³/mol. The fourth-order valence-electron chi connectivity index (χ4n) is 1.96. The van der Waals surface area contributed by atoms with E-state index in [1.54, 1.807) is 36.4 Å². The van der Waals surface area contributed by atoms with E-state index in [-0.39, 0.29) is 5.91 Å². The van der Waals surface area contributed by atoms with Crippen LogP contribution >= 0.6 is 73.8 Å². The van der Waals surface area contributed by atoms with Gasteiger partial charge in [-0.05, 0) is 35.9 Å². The van der Waals surface area contributed by atoms with Crippen molar-refractivity contribution in [3.63, 3.8) is 0 Å². The summed E-state index contributed by atoms with van der Waals surface area (Å²) in [5.41, 5.74) is 1.19. The average molecular weight is 510 g/mol. The summed E-state index contributed by atoms with van der Waals surface area (Å²) in [4.78, 5) is 12.3. The monoisotopic (exact) mass is 507 g/mol. The summed E-state index contributed by atoms with van der Waals surface area (Å²) in [5, 5.41) is 12.7. The van der Waals surface area contributed by atoms with E-state index in [4.69, 9.17) is 34.8 Å². The SMILES string of the molecule is O=C(Nc1nnc(SCc2c(Cl)cccc2Cl)s1)c1cc(Br)ccc1Cl. The minimum Gasteiger partial charge on any atom is -0.296 e. The van der Waals surface area contributed by atoms with Gasteiger partial charge < -0.3 is 0 Å². The molecule has 4 nitrogen and oxygen atoms in total. The number of anilines is 1. The molecule has 3 aromatic rings. The van der Waals surface area contributed by atoms with Gasteiger partial charge in [-0.15, -0.1) is 10.2 Å². The fraction of sp³-hybridized carbons (Fsp3) is 0.0625. The quantitative estimate of drug-likeness (QED) is 0.303. The molecule has 1 amide bonds. The van der Waals surface area contributed by atoms with Crippen LogP contribution in [0.3, 0.4) is 0 Å². The number of carbonyl (C=O) groups is 1. The van der Waals surface area contributed by atoms with Gasteiger partial charge in [-0.3, -0.25) is 10.1 Å². The molecule has 0 aliphatic carbocycles. The first-order valence-electron chi connectivity index (χ1n) is 7.09. The minimum absolute atomic E-state index is 0.349. The van der Waals surface area contributed by atoms with Gasteiger partial charge in [0.15, 0.2) is 4.34 Å². The van der Waals surface area contributed by atoms with Gasteiger partial charge >= 0.3 is 0 Å². The normalized spacial score (nSPS) is 10.8. The lowest BCUT2D eigenvalue weighted by Gasteiger charge is -2.04. The molecule has 2 aromatic carbocycles. The maximum absolute atomic E-state index is 12.3. The number of nitrogens with one attached hydrogen (secondary N) is 1. The van der Waals surface area contributed by atoms with E-state index in [1.165, 1.54) is 23.1 Å². The number of carbonyl (C=O) groups excluding carboxylic acids is 1. The van der Waals surface area contributed by atoms with Gasteiger partial charge in [0.1, 0.15) is 0 Å². The maximum atomic E-state index is 12.3. The van der Waals surface area contributed by atoms with E-state index in [0.29, 0.717) is 35.9 Å². The van der Waals surface area contributed by atoms with Gasteiger partial charge in [-0.25, -0.2) is 0 Å². The van der Waals surface area contributed by atoms with E-state index in [9.17, 15) is 4.79 Å². The number of hydrogen-bond donors (Lipinski definition) is 1. The van der Waals surface area contributed by atoms with E-state index in [0.717, 1.165) is 10.0 Å². The third-order valence-corrected chi connectivity index (χ3v) is 6.73. The Bertz CT molecular complexity index is 947. The summed E-state index contributed by atoms with van der Waals surface area (Å²) in [6.07, 6.45) is 0. The molecule has 0 spiro atoms. The van der Waals surface area contributed by atoms with Gasteiger partial charge in [0.25, 0.3) is 5.91 Å². The summed E-state index contributed by atoms with van der Waals surface area (Å²) < 4.78 is 1.45. The molecule has 0 unspecified atom stereocenters. The second kappa shape index (κ2) is 8.91. The second-order valence-electron chi connectivity index (χ2n) is 4.94. The molecule has 1 heterocycles. The number of amides is 1. The number of benzene rings is 2. The van der Waals surface area contributed by atoms with Crippen LogP contribution in [0.2, 0.25) is 15.1 Å². The summed E-state index contributed by atoms with van der Waals surface area (Å²) in [6.45, 7) is 0. The van der Waals surface area contributed by atoms with Crippen molar-refractivity contribution in [1.29, 1.82) is 0 Å². The molecule has 1 aromatic heterocycles. The molecule has 0 radical (unpaired) electrons. The Hall–Kier alpha value is -0.830. The van der Waals surface area contributed by atoms with Crippen molar-refractivity contribution in [3.8, 4) is 0 Å². The summed E-state index contributed by atoms with van der Waals surface area (Å²) in [5.74, 6) is 0.205. The second-order valence-corrected chi connectivity index (χ2v) is 9.28. The van der Waals surface area contributed by atoms with Crippen LogP contribution in [0.25, 0.3) is 0 Å². The van der Waals surface area contributed by atoms with Gasteiger partial charge in [0, 0.05) is 20.3 Å². The molecule has 0 atom stereocenters. The topological polar surface area (TPSA) is 54.9 Å². The third kappa shape index (κ3) is 4.91. The zero-order valence-electron chi connectivity index (χ0n) is 12.8. The largest absolute Gasteiger partial charge is 0.296 e. The van der Waals surface area contributed by atoms with Crippen LogP contribution in [0.4, 0.5) is 5.13 Å². The van der Waals surface area contributed by atoms with Crippen molar-refractivity contribution in [3.05, 3.63) is 67.1 Å². The molecule has 134 valence electrons. The number of halogens is 4. The zero-order chi connectivity index (χ0) is 18.7. The summed E-state index contributed by atoms with van der Waals surface area (Å²) >= 11 is 24.4. The van der Waals surface area contributed by atoms with Gasteiger partial charge in [0.05, 0.1) is 10.6 Å². The van der Waals surface area contributed by atoms with E-state index in [1.807, 2.05) is 0 Å². The Labute approximate surface area is 181 Å². The fourth-order valence-corrected chi connectivity index (χ4v) is 5.01. The molecule has 0 saturated carbocycles. The van der Waals surface area contributed by atoms with Crippen LogP contribution in [-0.4, -0.2) is 16.1 Å². The Morgan fingerprint density at radius 1 is 1.12 bits per heavy atom. The Balaban J connectivity index is 1.66. The molecule has 0 aliphatic heterocycles. The maximum Gasteiger partial charge on any atom is 0.259 e. The Morgan fingerprint density at radius 3 is 2.58 bits per heavy atom. The lowest BCUT2D eigenvalue weighted by atomic mass is 10.2. The molecule has 1 N–H and O–H groups in total. The van der Waals surface area contributed by atoms with Crippen LogP contribution in [-0.2, 0) is 5.75 Å². The first-order chi connectivity index (χ1) is 12.4. The van der Waals surface area contributed by atoms with E-state index < -0.39 is 0 Å². The van der Waals surface area contributed by atoms with E-state index >= 15 is 0 Å². The number of hydrogen-bond acceptors (Lipinski definition) is 5. The van der Waals surface area contributed by atoms with Crippen LogP contribution in [0, 0.1) is 0 Å². The highest BCUT2D eigenvalue weighted by Gasteiger charge is 2.15. The Morgan fingerprint density at radius 2 is 1.85 bits per heavy atom. The minimum atomic E-state index is -0.349. The number of aromatic nitrogens is 2. The molecule has 0 fully saturated rings. The van der Waals surface area contributed by atoms with Crippen molar-refractivity contribution < 1.29 is 4.79 Å². The smallest absolute Gasteiger partial charge is 0.259 e. The Kier molecular flexibility index (Phi) is 6.82. The predicted octanol–water partition coefficient (Wildman–Crippen LogP) is 6.81. The number of nitrogens with zero attached hydrogens (tertiary/aromatic N) is 2. The van der Waals surface area contributed by atoms with Gasteiger partial charge in [-0.1, -0.05) is 79.9 Å². The van der Waals surface area contributed by atoms with Crippen molar-refractivity contribution in [2.75, 3.05) is 5.32 Å². The van der Waals surface area contributed by atoms with Gasteiger partial charge in [-0.2, -0.15) is 0 Å². The summed E-state index contributed by atoms with van der Waals surface area (Å²) in [7, 11) is 0. The van der Waals surface area contributed by atoms with Crippen molar-refractivity contribution in [2.45, 2.75) is 10.1 Å². The molecule has 0 bridgehead atoms. The molecular formula is C16H9BrCl3N3OS2. The third-order valence-electron chi connectivity index (χ3n) is 3.20. The van der Waals surface area contributed by atoms with Crippen molar-refractivity contribution in [1.82, 2.24) is 10.2 Å². The van der Waals surface area contributed by atoms with Crippen LogP contribution in [0.15, 0.2) is 45.2 Å². The van der Waals surface area contributed by atoms with Crippen LogP contribution < -0.4 is 5.32 Å². The summed E-state index contributed by atoms with van der Waals surface area (Å²) in [6, 6.07) is 10.4. The molecule has 26 heavy (non-hydrogen) atoms. The van der Waals surface area contributed by atoms with Crippen molar-refractivity contribution >= 4 is 84.9 Å². The number of thioether (sulfide) groups is 1. The molecule has 0 saturated heterocycles. The molecule has 0 aliphatic rings. The highest BCUT2D eigenvalue weighted by Crippen LogP contribution is 2.34. The molecule has 3 rings (SSSR count). The van der Waals surface area contributed by atoms with E-state index in [2.05, 4.69) is 31.4 Å². The lowest BCUT2D eigenvalue weighted by molar-refractivity contribution is 0.102. The molecular weight excluding hydrogens is 501 g/mol. The highest BCUT2D eigenvalue weighted by molar-refractivity contribution is 9.10. The number of rotatable bonds is 5. The lowest BCUT2D eigenvalue weighted by Crippen LogP contribution is -2.12. The highest BCUT2D eigenvalue weighted by atomic mass is 79.9. The zero-order valence-corrected chi connectivity index (χ0v) is 18.3. The first kappa shape index (κ1) is 19.9. The molecule has 10 heteroatoms.